The van der Waals surface area contributed by atoms with Crippen LogP contribution in [-0.2, 0) is 11.3 Å². The lowest BCUT2D eigenvalue weighted by atomic mass is 10.1. The molecule has 150 valence electrons. The molecule has 0 bridgehead atoms. The summed E-state index contributed by atoms with van der Waals surface area (Å²) < 4.78 is 7.56. The summed E-state index contributed by atoms with van der Waals surface area (Å²) in [6.45, 7) is 4.91. The van der Waals surface area contributed by atoms with E-state index in [1.54, 1.807) is 19.0 Å². The summed E-state index contributed by atoms with van der Waals surface area (Å²) >= 11 is 5.30. The molecule has 0 N–H and O–H groups in total. The predicted molar refractivity (Wildman–Crippen MR) is 116 cm³/mol. The third-order valence-electron chi connectivity index (χ3n) is 5.31. The number of oxazole rings is 1. The molecule has 7 nitrogen and oxygen atoms in total. The number of anilines is 1. The Morgan fingerprint density at radius 2 is 1.72 bits per heavy atom. The van der Waals surface area contributed by atoms with Crippen LogP contribution in [0.25, 0.3) is 17.5 Å². The number of amides is 1. The first-order valence-corrected chi connectivity index (χ1v) is 9.90. The number of nitrogens with zero attached hydrogens (tertiary/aromatic N) is 4. The van der Waals surface area contributed by atoms with E-state index in [0.29, 0.717) is 23.9 Å². The summed E-state index contributed by atoms with van der Waals surface area (Å²) in [5, 5.41) is 0.368. The predicted octanol–water partition coefficient (Wildman–Crippen LogP) is 0.920. The van der Waals surface area contributed by atoms with Gasteiger partial charge in [0, 0.05) is 32.9 Å². The Hall–Kier alpha value is -3.13. The molecule has 1 fully saturated rings. The van der Waals surface area contributed by atoms with Crippen LogP contribution in [0.5, 0.6) is 0 Å². The maximum Gasteiger partial charge on any atom is 0.298 e. The van der Waals surface area contributed by atoms with Crippen LogP contribution in [0.2, 0.25) is 0 Å². The third-order valence-corrected chi connectivity index (χ3v) is 5.85. The Bertz CT molecular complexity index is 1240. The number of benzene rings is 1. The highest BCUT2D eigenvalue weighted by Gasteiger charge is 2.36. The lowest BCUT2D eigenvalue weighted by Crippen LogP contribution is -2.37. The quantitative estimate of drug-likeness (QED) is 0.687. The number of aromatic nitrogens is 1. The van der Waals surface area contributed by atoms with Gasteiger partial charge in [0.1, 0.15) is 0 Å². The molecule has 1 aromatic carbocycles. The number of hydrogen-bond donors (Lipinski definition) is 0. The van der Waals surface area contributed by atoms with Crippen molar-refractivity contribution in [3.63, 3.8) is 0 Å². The van der Waals surface area contributed by atoms with Crippen molar-refractivity contribution in [1.82, 2.24) is 14.4 Å². The number of likely N-dealkylation sites (N-methyl/N-ethyl adjacent to an activating group) is 3. The Morgan fingerprint density at radius 3 is 2.34 bits per heavy atom. The van der Waals surface area contributed by atoms with Crippen LogP contribution in [0.3, 0.4) is 0 Å². The Labute approximate surface area is 173 Å². The van der Waals surface area contributed by atoms with E-state index < -0.39 is 0 Å². The number of carbonyl (C=O) groups is 1. The molecule has 3 heterocycles. The van der Waals surface area contributed by atoms with Gasteiger partial charge < -0.3 is 14.2 Å². The number of thiocarbonyl (C=S) groups is 1. The van der Waals surface area contributed by atoms with E-state index in [1.165, 1.54) is 9.47 Å². The van der Waals surface area contributed by atoms with Gasteiger partial charge in [0.15, 0.2) is 10.8 Å². The minimum absolute atomic E-state index is 0.212. The van der Waals surface area contributed by atoms with Crippen molar-refractivity contribution in [3.05, 3.63) is 57.2 Å². The van der Waals surface area contributed by atoms with Gasteiger partial charge >= 0.3 is 0 Å². The van der Waals surface area contributed by atoms with Crippen LogP contribution in [0.15, 0.2) is 39.6 Å². The monoisotopic (exact) mass is 410 g/mol. The van der Waals surface area contributed by atoms with Crippen LogP contribution < -0.4 is 21.4 Å². The SMILES string of the molecule is CCN1C(=c2oc(=C3C(=O)N(C)C(=S)N3C)n(CC)c2=O)C=Cc2ccccc21. The van der Waals surface area contributed by atoms with Gasteiger partial charge in [-0.1, -0.05) is 24.3 Å². The summed E-state index contributed by atoms with van der Waals surface area (Å²) in [4.78, 5) is 31.0. The van der Waals surface area contributed by atoms with Crippen molar-refractivity contribution in [2.75, 3.05) is 25.5 Å². The van der Waals surface area contributed by atoms with Crippen molar-refractivity contribution in [3.8, 4) is 0 Å². The molecule has 0 radical (unpaired) electrons. The molecule has 29 heavy (non-hydrogen) atoms. The molecule has 0 saturated carbocycles. The first-order valence-electron chi connectivity index (χ1n) is 9.49. The Balaban J connectivity index is 2.07. The standard InChI is InChI=1S/C21H22N4O3S/c1-5-24-14-10-8-7-9-13(14)11-12-15(24)17-19(27)25(6-2)20(28-17)16-18(26)23(4)21(29)22(16)3/h7-12H,5-6H2,1-4H3. The molecule has 2 aromatic rings. The highest BCUT2D eigenvalue weighted by Crippen LogP contribution is 2.30. The van der Waals surface area contributed by atoms with Gasteiger partial charge in [-0.3, -0.25) is 19.1 Å². The topological polar surface area (TPSA) is 61.9 Å². The molecule has 0 spiro atoms. The number of para-hydroxylation sites is 1. The van der Waals surface area contributed by atoms with E-state index in [1.807, 2.05) is 55.2 Å². The number of rotatable bonds is 2. The van der Waals surface area contributed by atoms with Gasteiger partial charge in [-0.15, -0.1) is 0 Å². The van der Waals surface area contributed by atoms with Gasteiger partial charge in [0.05, 0.1) is 5.70 Å². The van der Waals surface area contributed by atoms with Crippen LogP contribution in [-0.4, -0.2) is 46.0 Å². The summed E-state index contributed by atoms with van der Waals surface area (Å²) in [5.41, 5.74) is 3.20. The van der Waals surface area contributed by atoms with Crippen LogP contribution in [0.1, 0.15) is 19.4 Å². The van der Waals surface area contributed by atoms with Crippen molar-refractivity contribution in [2.45, 2.75) is 20.4 Å². The second-order valence-electron chi connectivity index (χ2n) is 6.86. The average molecular weight is 410 g/mol. The van der Waals surface area contributed by atoms with Gasteiger partial charge in [-0.2, -0.15) is 0 Å². The average Bonchev–Trinajstić information content (AvgIpc) is 3.15. The van der Waals surface area contributed by atoms with Crippen molar-refractivity contribution < 1.29 is 9.21 Å². The molecule has 4 rings (SSSR count). The molecule has 0 atom stereocenters. The van der Waals surface area contributed by atoms with Gasteiger partial charge in [0.25, 0.3) is 11.5 Å². The molecule has 1 saturated heterocycles. The fraction of sp³-hybridized carbons (Fsp3) is 0.286. The van der Waals surface area contributed by atoms with Crippen LogP contribution in [0.4, 0.5) is 5.69 Å². The highest BCUT2D eigenvalue weighted by atomic mass is 32.1. The first kappa shape index (κ1) is 19.2. The smallest absolute Gasteiger partial charge is 0.298 e. The Kier molecular flexibility index (Phi) is 4.66. The van der Waals surface area contributed by atoms with Crippen LogP contribution in [0, 0.1) is 0 Å². The van der Waals surface area contributed by atoms with E-state index in [2.05, 4.69) is 0 Å². The molecule has 0 aliphatic carbocycles. The summed E-state index contributed by atoms with van der Waals surface area (Å²) in [6, 6.07) is 7.99. The summed E-state index contributed by atoms with van der Waals surface area (Å²) in [6.07, 6.45) is 3.86. The normalized spacial score (nSPS) is 20.1. The van der Waals surface area contributed by atoms with Gasteiger partial charge in [0.2, 0.25) is 11.0 Å². The van der Waals surface area contributed by atoms with E-state index in [9.17, 15) is 9.59 Å². The maximum absolute atomic E-state index is 13.2. The fourth-order valence-corrected chi connectivity index (χ4v) is 3.96. The molecule has 1 aromatic heterocycles. The number of carbonyl (C=O) groups excluding carboxylic acids is 1. The summed E-state index contributed by atoms with van der Waals surface area (Å²) in [5.74, 6) is -0.290. The fourth-order valence-electron chi connectivity index (χ4n) is 3.78. The van der Waals surface area contributed by atoms with Gasteiger partial charge in [-0.05, 0) is 43.8 Å². The zero-order valence-corrected chi connectivity index (χ0v) is 17.6. The molecular formula is C21H22N4O3S. The lowest BCUT2D eigenvalue weighted by molar-refractivity contribution is -0.120. The molecular weight excluding hydrogens is 388 g/mol. The highest BCUT2D eigenvalue weighted by molar-refractivity contribution is 7.80. The zero-order valence-electron chi connectivity index (χ0n) is 16.8. The minimum atomic E-state index is -0.290. The Morgan fingerprint density at radius 1 is 1.00 bits per heavy atom. The number of hydrogen-bond acceptors (Lipinski definition) is 5. The first-order chi connectivity index (χ1) is 13.9. The van der Waals surface area contributed by atoms with Gasteiger partial charge in [-0.25, -0.2) is 0 Å². The zero-order chi connectivity index (χ0) is 20.9. The van der Waals surface area contributed by atoms with E-state index in [4.69, 9.17) is 16.6 Å². The van der Waals surface area contributed by atoms with E-state index in [-0.39, 0.29) is 28.1 Å². The van der Waals surface area contributed by atoms with E-state index in [0.717, 1.165) is 11.3 Å². The second-order valence-corrected chi connectivity index (χ2v) is 7.23. The molecule has 8 heteroatoms. The molecule has 1 amide bonds. The molecule has 2 aliphatic heterocycles. The maximum atomic E-state index is 13.2. The molecule has 0 unspecified atom stereocenters. The van der Waals surface area contributed by atoms with Crippen molar-refractivity contribution in [2.24, 2.45) is 0 Å². The largest absolute Gasteiger partial charge is 0.430 e. The van der Waals surface area contributed by atoms with Crippen molar-refractivity contribution in [1.29, 1.82) is 0 Å². The minimum Gasteiger partial charge on any atom is -0.430 e. The lowest BCUT2D eigenvalue weighted by Gasteiger charge is -2.28. The van der Waals surface area contributed by atoms with Crippen molar-refractivity contribution >= 4 is 46.4 Å². The summed E-state index contributed by atoms with van der Waals surface area (Å²) in [7, 11) is 3.31. The van der Waals surface area contributed by atoms with E-state index >= 15 is 0 Å². The van der Waals surface area contributed by atoms with Crippen LogP contribution >= 0.6 is 12.2 Å². The second kappa shape index (κ2) is 7.04. The number of fused-ring (bicyclic) bond motifs is 1. The third kappa shape index (κ3) is 2.74. The molecule has 2 aliphatic rings.